The number of halogens is 4. The molecule has 0 fully saturated rings. The topological polar surface area (TPSA) is 55.4 Å². The van der Waals surface area contributed by atoms with Crippen LogP contribution >= 0.6 is 11.6 Å². The second-order valence-corrected chi connectivity index (χ2v) is 4.29. The standard InChI is InChI=1S/C12H11ClF3NO3/c13-9-3-1-8(2-4-9)5-11(19)20-6-10(18)17-7-12(14,15)16/h1-4H,5-7H2,(H,17,18). The SMILES string of the molecule is O=C(COC(=O)Cc1ccc(Cl)cc1)NCC(F)(F)F. The number of carbonyl (C=O) groups is 2. The van der Waals surface area contributed by atoms with Crippen LogP contribution in [0.1, 0.15) is 5.56 Å². The summed E-state index contributed by atoms with van der Waals surface area (Å²) in [6.45, 7) is -2.21. The highest BCUT2D eigenvalue weighted by Crippen LogP contribution is 2.12. The molecule has 110 valence electrons. The van der Waals surface area contributed by atoms with Gasteiger partial charge < -0.3 is 10.1 Å². The average Bonchev–Trinajstić information content (AvgIpc) is 2.36. The maximum Gasteiger partial charge on any atom is 0.405 e. The summed E-state index contributed by atoms with van der Waals surface area (Å²) in [5.74, 6) is -1.72. The fourth-order valence-corrected chi connectivity index (χ4v) is 1.34. The summed E-state index contributed by atoms with van der Waals surface area (Å²) >= 11 is 5.66. The predicted octanol–water partition coefficient (Wildman–Crippen LogP) is 2.10. The zero-order valence-corrected chi connectivity index (χ0v) is 10.9. The van der Waals surface area contributed by atoms with Gasteiger partial charge >= 0.3 is 12.1 Å². The van der Waals surface area contributed by atoms with E-state index in [9.17, 15) is 22.8 Å². The van der Waals surface area contributed by atoms with Gasteiger partial charge in [0, 0.05) is 5.02 Å². The number of amides is 1. The van der Waals surface area contributed by atoms with Crippen molar-refractivity contribution in [3.05, 3.63) is 34.9 Å². The van der Waals surface area contributed by atoms with Crippen molar-refractivity contribution in [3.8, 4) is 0 Å². The van der Waals surface area contributed by atoms with E-state index >= 15 is 0 Å². The second-order valence-electron chi connectivity index (χ2n) is 3.86. The lowest BCUT2D eigenvalue weighted by atomic mass is 10.1. The van der Waals surface area contributed by atoms with E-state index < -0.39 is 31.2 Å². The molecule has 20 heavy (non-hydrogen) atoms. The average molecular weight is 310 g/mol. The number of alkyl halides is 3. The highest BCUT2D eigenvalue weighted by Gasteiger charge is 2.27. The molecular formula is C12H11ClF3NO3. The third-order valence-electron chi connectivity index (χ3n) is 2.11. The number of hydrogen-bond acceptors (Lipinski definition) is 3. The Balaban J connectivity index is 2.29. The summed E-state index contributed by atoms with van der Waals surface area (Å²) in [4.78, 5) is 22.3. The molecule has 0 bridgehead atoms. The van der Waals surface area contributed by atoms with Crippen LogP contribution in [-0.4, -0.2) is 31.2 Å². The maximum atomic E-state index is 11.8. The number of esters is 1. The van der Waals surface area contributed by atoms with Crippen LogP contribution in [0.5, 0.6) is 0 Å². The Kier molecular flexibility index (Phi) is 5.82. The molecule has 0 unspecified atom stereocenters. The van der Waals surface area contributed by atoms with E-state index in [0.29, 0.717) is 10.6 Å². The molecule has 0 atom stereocenters. The lowest BCUT2D eigenvalue weighted by molar-refractivity contribution is -0.150. The van der Waals surface area contributed by atoms with Gasteiger partial charge in [-0.05, 0) is 17.7 Å². The fourth-order valence-electron chi connectivity index (χ4n) is 1.22. The molecular weight excluding hydrogens is 299 g/mol. The minimum absolute atomic E-state index is 0.0935. The lowest BCUT2D eigenvalue weighted by Crippen LogP contribution is -2.36. The zero-order valence-electron chi connectivity index (χ0n) is 10.2. The highest BCUT2D eigenvalue weighted by atomic mass is 35.5. The molecule has 4 nitrogen and oxygen atoms in total. The monoisotopic (exact) mass is 309 g/mol. The molecule has 0 aliphatic heterocycles. The first kappa shape index (κ1) is 16.3. The van der Waals surface area contributed by atoms with Gasteiger partial charge in [0.1, 0.15) is 6.54 Å². The van der Waals surface area contributed by atoms with Crippen LogP contribution in [-0.2, 0) is 20.7 Å². The minimum atomic E-state index is -4.50. The van der Waals surface area contributed by atoms with Gasteiger partial charge in [0.25, 0.3) is 5.91 Å². The summed E-state index contributed by atoms with van der Waals surface area (Å²) in [6, 6.07) is 6.38. The third-order valence-corrected chi connectivity index (χ3v) is 2.36. The first-order valence-corrected chi connectivity index (χ1v) is 5.87. The Labute approximate surface area is 117 Å². The van der Waals surface area contributed by atoms with Gasteiger partial charge in [0.05, 0.1) is 6.42 Å². The van der Waals surface area contributed by atoms with Crippen LogP contribution in [0.2, 0.25) is 5.02 Å². The molecule has 8 heteroatoms. The Morgan fingerprint density at radius 2 is 1.80 bits per heavy atom. The van der Waals surface area contributed by atoms with Crippen LogP contribution in [0.25, 0.3) is 0 Å². The van der Waals surface area contributed by atoms with Crippen LogP contribution in [0, 0.1) is 0 Å². The first-order valence-electron chi connectivity index (χ1n) is 5.50. The van der Waals surface area contributed by atoms with Gasteiger partial charge in [-0.15, -0.1) is 0 Å². The quantitative estimate of drug-likeness (QED) is 0.848. The van der Waals surface area contributed by atoms with E-state index in [-0.39, 0.29) is 6.42 Å². The summed E-state index contributed by atoms with van der Waals surface area (Å²) in [6.07, 6.45) is -4.59. The molecule has 0 aliphatic rings. The first-order chi connectivity index (χ1) is 9.26. The maximum absolute atomic E-state index is 11.8. The molecule has 0 aromatic heterocycles. The smallest absolute Gasteiger partial charge is 0.405 e. The molecule has 0 saturated heterocycles. The molecule has 1 N–H and O–H groups in total. The van der Waals surface area contributed by atoms with Gasteiger partial charge in [-0.25, -0.2) is 0 Å². The lowest BCUT2D eigenvalue weighted by Gasteiger charge is -2.08. The van der Waals surface area contributed by atoms with Crippen LogP contribution in [0.15, 0.2) is 24.3 Å². The van der Waals surface area contributed by atoms with Crippen molar-refractivity contribution in [1.82, 2.24) is 5.32 Å². The van der Waals surface area contributed by atoms with Gasteiger partial charge in [-0.2, -0.15) is 13.2 Å². The van der Waals surface area contributed by atoms with Gasteiger partial charge in [0.15, 0.2) is 6.61 Å². The molecule has 0 spiro atoms. The largest absolute Gasteiger partial charge is 0.455 e. The van der Waals surface area contributed by atoms with Crippen LogP contribution in [0.4, 0.5) is 13.2 Å². The van der Waals surface area contributed by atoms with Crippen molar-refractivity contribution in [2.75, 3.05) is 13.2 Å². The Hall–Kier alpha value is -1.76. The third kappa shape index (κ3) is 6.98. The van der Waals surface area contributed by atoms with Crippen molar-refractivity contribution >= 4 is 23.5 Å². The molecule has 1 amide bonds. The second kappa shape index (κ2) is 7.14. The summed E-state index contributed by atoms with van der Waals surface area (Å²) < 4.78 is 40.0. The summed E-state index contributed by atoms with van der Waals surface area (Å²) in [5, 5.41) is 2.10. The number of carbonyl (C=O) groups excluding carboxylic acids is 2. The van der Waals surface area contributed by atoms with Crippen molar-refractivity contribution in [2.45, 2.75) is 12.6 Å². The van der Waals surface area contributed by atoms with Crippen molar-refractivity contribution in [2.24, 2.45) is 0 Å². The summed E-state index contributed by atoms with van der Waals surface area (Å²) in [7, 11) is 0. The molecule has 1 aromatic rings. The summed E-state index contributed by atoms with van der Waals surface area (Å²) in [5.41, 5.74) is 0.620. The Bertz CT molecular complexity index is 474. The van der Waals surface area contributed by atoms with E-state index in [4.69, 9.17) is 11.6 Å². The van der Waals surface area contributed by atoms with E-state index in [1.165, 1.54) is 0 Å². The van der Waals surface area contributed by atoms with Crippen LogP contribution < -0.4 is 5.32 Å². The number of ether oxygens (including phenoxy) is 1. The van der Waals surface area contributed by atoms with Crippen molar-refractivity contribution in [3.63, 3.8) is 0 Å². The number of rotatable bonds is 5. The van der Waals surface area contributed by atoms with E-state index in [1.54, 1.807) is 29.6 Å². The van der Waals surface area contributed by atoms with Gasteiger partial charge in [-0.3, -0.25) is 9.59 Å². The molecule has 0 saturated carbocycles. The molecule has 1 rings (SSSR count). The van der Waals surface area contributed by atoms with Crippen LogP contribution in [0.3, 0.4) is 0 Å². The van der Waals surface area contributed by atoms with E-state index in [2.05, 4.69) is 4.74 Å². The highest BCUT2D eigenvalue weighted by molar-refractivity contribution is 6.30. The Morgan fingerprint density at radius 1 is 1.20 bits per heavy atom. The molecule has 1 aromatic carbocycles. The van der Waals surface area contributed by atoms with E-state index in [0.717, 1.165) is 0 Å². The number of hydrogen-bond donors (Lipinski definition) is 1. The molecule has 0 aliphatic carbocycles. The van der Waals surface area contributed by atoms with Crippen molar-refractivity contribution < 1.29 is 27.5 Å². The van der Waals surface area contributed by atoms with Gasteiger partial charge in [-0.1, -0.05) is 23.7 Å². The zero-order chi connectivity index (χ0) is 15.2. The predicted molar refractivity (Wildman–Crippen MR) is 65.2 cm³/mol. The normalized spacial score (nSPS) is 11.0. The molecule has 0 heterocycles. The molecule has 0 radical (unpaired) electrons. The number of benzene rings is 1. The minimum Gasteiger partial charge on any atom is -0.455 e. The van der Waals surface area contributed by atoms with Gasteiger partial charge in [0.2, 0.25) is 0 Å². The fraction of sp³-hybridized carbons (Fsp3) is 0.333. The van der Waals surface area contributed by atoms with E-state index in [1.807, 2.05) is 0 Å². The van der Waals surface area contributed by atoms with Crippen molar-refractivity contribution in [1.29, 1.82) is 0 Å². The number of nitrogens with one attached hydrogen (secondary N) is 1. The Morgan fingerprint density at radius 3 is 2.35 bits per heavy atom.